The number of nitrogens with two attached hydrogens (primary N) is 1. The van der Waals surface area contributed by atoms with Gasteiger partial charge in [0.2, 0.25) is 0 Å². The molecule has 0 aliphatic heterocycles. The Labute approximate surface area is 73.6 Å². The number of aromatic nitrogens is 1. The summed E-state index contributed by atoms with van der Waals surface area (Å²) < 4.78 is 36.3. The fourth-order valence-corrected chi connectivity index (χ4v) is 0.937. The van der Waals surface area contributed by atoms with Crippen molar-refractivity contribution in [3.05, 3.63) is 29.6 Å². The maximum absolute atomic E-state index is 12.1. The van der Waals surface area contributed by atoms with Gasteiger partial charge >= 0.3 is 6.18 Å². The molecule has 5 heteroatoms. The van der Waals surface area contributed by atoms with Gasteiger partial charge in [0.05, 0.1) is 0 Å². The molecule has 0 saturated heterocycles. The van der Waals surface area contributed by atoms with Crippen LogP contribution in [0.15, 0.2) is 18.5 Å². The van der Waals surface area contributed by atoms with E-state index in [4.69, 9.17) is 5.73 Å². The van der Waals surface area contributed by atoms with E-state index in [1.165, 1.54) is 12.3 Å². The van der Waals surface area contributed by atoms with Crippen molar-refractivity contribution >= 4 is 0 Å². The first-order valence-electron chi connectivity index (χ1n) is 3.65. The number of hydrogen-bond acceptors (Lipinski definition) is 2. The second-order valence-corrected chi connectivity index (χ2v) is 2.81. The standard InChI is InChI=1S/C8H9F3N2/c1-5-2-6(4-13-3-5)7(12)8(9,10)11/h2-4,7H,12H2,1H3/t7-/m1/s1. The number of nitrogens with zero attached hydrogens (tertiary/aromatic N) is 1. The van der Waals surface area contributed by atoms with Crippen LogP contribution in [0, 0.1) is 6.92 Å². The van der Waals surface area contributed by atoms with Crippen LogP contribution in [0.25, 0.3) is 0 Å². The third-order valence-electron chi connectivity index (χ3n) is 1.61. The summed E-state index contributed by atoms with van der Waals surface area (Å²) in [4.78, 5) is 3.64. The van der Waals surface area contributed by atoms with Gasteiger partial charge in [-0.25, -0.2) is 0 Å². The molecule has 1 heterocycles. The SMILES string of the molecule is Cc1cncc([C@@H](N)C(F)(F)F)c1. The number of alkyl halides is 3. The summed E-state index contributed by atoms with van der Waals surface area (Å²) in [6, 6.07) is -0.564. The van der Waals surface area contributed by atoms with Gasteiger partial charge in [-0.15, -0.1) is 0 Å². The van der Waals surface area contributed by atoms with Gasteiger partial charge in [0.15, 0.2) is 0 Å². The van der Waals surface area contributed by atoms with Gasteiger partial charge in [-0.05, 0) is 18.1 Å². The van der Waals surface area contributed by atoms with Crippen molar-refractivity contribution in [2.45, 2.75) is 19.1 Å². The van der Waals surface area contributed by atoms with Gasteiger partial charge in [0.1, 0.15) is 6.04 Å². The fraction of sp³-hybridized carbons (Fsp3) is 0.375. The molecule has 0 bridgehead atoms. The van der Waals surface area contributed by atoms with Crippen LogP contribution >= 0.6 is 0 Å². The van der Waals surface area contributed by atoms with Gasteiger partial charge in [0.25, 0.3) is 0 Å². The lowest BCUT2D eigenvalue weighted by Gasteiger charge is -2.15. The second kappa shape index (κ2) is 3.33. The highest BCUT2D eigenvalue weighted by Gasteiger charge is 2.37. The summed E-state index contributed by atoms with van der Waals surface area (Å²) in [5.41, 5.74) is 5.63. The predicted octanol–water partition coefficient (Wildman–Crippen LogP) is 1.95. The zero-order chi connectivity index (χ0) is 10.1. The zero-order valence-electron chi connectivity index (χ0n) is 6.97. The van der Waals surface area contributed by atoms with Gasteiger partial charge in [-0.2, -0.15) is 13.2 Å². The molecule has 1 aromatic heterocycles. The first-order chi connectivity index (χ1) is 5.91. The minimum atomic E-state index is -4.41. The Balaban J connectivity index is 2.96. The van der Waals surface area contributed by atoms with Crippen LogP contribution in [0.1, 0.15) is 17.2 Å². The third kappa shape index (κ3) is 2.42. The molecule has 0 spiro atoms. The number of hydrogen-bond donors (Lipinski definition) is 1. The number of rotatable bonds is 1. The molecule has 0 aromatic carbocycles. The monoisotopic (exact) mass is 190 g/mol. The van der Waals surface area contributed by atoms with Crippen molar-refractivity contribution in [3.8, 4) is 0 Å². The van der Waals surface area contributed by atoms with E-state index < -0.39 is 12.2 Å². The van der Waals surface area contributed by atoms with Gasteiger partial charge < -0.3 is 5.73 Å². The highest BCUT2D eigenvalue weighted by Crippen LogP contribution is 2.29. The summed E-state index contributed by atoms with van der Waals surface area (Å²) in [6.45, 7) is 1.67. The molecule has 2 N–H and O–H groups in total. The molecule has 13 heavy (non-hydrogen) atoms. The van der Waals surface area contributed by atoms with Crippen molar-refractivity contribution in [1.82, 2.24) is 4.98 Å². The Morgan fingerprint density at radius 2 is 2.00 bits per heavy atom. The molecule has 0 unspecified atom stereocenters. The molecule has 0 aliphatic rings. The molecular weight excluding hydrogens is 181 g/mol. The minimum Gasteiger partial charge on any atom is -0.316 e. The van der Waals surface area contributed by atoms with E-state index in [-0.39, 0.29) is 5.56 Å². The molecule has 2 nitrogen and oxygen atoms in total. The molecule has 0 radical (unpaired) electrons. The van der Waals surface area contributed by atoms with Crippen LogP contribution in [0.2, 0.25) is 0 Å². The Morgan fingerprint density at radius 1 is 1.38 bits per heavy atom. The smallest absolute Gasteiger partial charge is 0.316 e. The molecule has 1 rings (SSSR count). The quantitative estimate of drug-likeness (QED) is 0.735. The van der Waals surface area contributed by atoms with E-state index in [0.29, 0.717) is 5.56 Å². The number of pyridine rings is 1. The van der Waals surface area contributed by atoms with Crippen molar-refractivity contribution < 1.29 is 13.2 Å². The Bertz CT molecular complexity index is 296. The highest BCUT2D eigenvalue weighted by molar-refractivity contribution is 5.20. The first kappa shape index (κ1) is 9.98. The average Bonchev–Trinajstić information content (AvgIpc) is 2.01. The van der Waals surface area contributed by atoms with Gasteiger partial charge in [0, 0.05) is 12.4 Å². The third-order valence-corrected chi connectivity index (χ3v) is 1.61. The number of aryl methyl sites for hydroxylation is 1. The van der Waals surface area contributed by atoms with E-state index in [9.17, 15) is 13.2 Å². The highest BCUT2D eigenvalue weighted by atomic mass is 19.4. The Morgan fingerprint density at radius 3 is 2.46 bits per heavy atom. The molecule has 0 aliphatic carbocycles. The molecule has 1 aromatic rings. The zero-order valence-corrected chi connectivity index (χ0v) is 6.97. The number of halogens is 3. The van der Waals surface area contributed by atoms with Crippen molar-refractivity contribution in [3.63, 3.8) is 0 Å². The molecule has 72 valence electrons. The van der Waals surface area contributed by atoms with Gasteiger partial charge in [-0.1, -0.05) is 6.07 Å². The average molecular weight is 190 g/mol. The largest absolute Gasteiger partial charge is 0.407 e. The van der Waals surface area contributed by atoms with E-state index in [0.717, 1.165) is 6.20 Å². The minimum absolute atomic E-state index is 0.00694. The molecular formula is C8H9F3N2. The normalized spacial score (nSPS) is 14.2. The van der Waals surface area contributed by atoms with Crippen LogP contribution in [0.4, 0.5) is 13.2 Å². The van der Waals surface area contributed by atoms with Crippen LogP contribution in [0.5, 0.6) is 0 Å². The molecule has 0 saturated carbocycles. The van der Waals surface area contributed by atoms with Crippen LogP contribution in [-0.2, 0) is 0 Å². The Kier molecular flexibility index (Phi) is 2.56. The van der Waals surface area contributed by atoms with Crippen LogP contribution in [0.3, 0.4) is 0 Å². The van der Waals surface area contributed by atoms with Gasteiger partial charge in [-0.3, -0.25) is 4.98 Å². The van der Waals surface area contributed by atoms with E-state index in [2.05, 4.69) is 4.98 Å². The topological polar surface area (TPSA) is 38.9 Å². The predicted molar refractivity (Wildman–Crippen MR) is 42.0 cm³/mol. The maximum atomic E-state index is 12.1. The Hall–Kier alpha value is -1.10. The first-order valence-corrected chi connectivity index (χ1v) is 3.65. The summed E-state index contributed by atoms with van der Waals surface area (Å²) >= 11 is 0. The molecule has 0 amide bonds. The van der Waals surface area contributed by atoms with E-state index in [1.807, 2.05) is 0 Å². The lowest BCUT2D eigenvalue weighted by Crippen LogP contribution is -2.28. The van der Waals surface area contributed by atoms with Crippen LogP contribution in [-0.4, -0.2) is 11.2 Å². The lowest BCUT2D eigenvalue weighted by atomic mass is 10.1. The van der Waals surface area contributed by atoms with Crippen molar-refractivity contribution in [2.24, 2.45) is 5.73 Å². The van der Waals surface area contributed by atoms with E-state index in [1.54, 1.807) is 6.92 Å². The lowest BCUT2D eigenvalue weighted by molar-refractivity contribution is -0.149. The summed E-state index contributed by atoms with van der Waals surface area (Å²) in [7, 11) is 0. The maximum Gasteiger partial charge on any atom is 0.407 e. The van der Waals surface area contributed by atoms with Crippen molar-refractivity contribution in [2.75, 3.05) is 0 Å². The van der Waals surface area contributed by atoms with E-state index >= 15 is 0 Å². The van der Waals surface area contributed by atoms with Crippen molar-refractivity contribution in [1.29, 1.82) is 0 Å². The fourth-order valence-electron chi connectivity index (χ4n) is 0.937. The summed E-state index contributed by atoms with van der Waals surface area (Å²) in [6.07, 6.45) is -1.80. The molecule has 0 fully saturated rings. The summed E-state index contributed by atoms with van der Waals surface area (Å²) in [5.74, 6) is 0. The van der Waals surface area contributed by atoms with Crippen LogP contribution < -0.4 is 5.73 Å². The molecule has 1 atom stereocenters. The summed E-state index contributed by atoms with van der Waals surface area (Å²) in [5, 5.41) is 0. The second-order valence-electron chi connectivity index (χ2n) is 2.81.